The number of hydrogen-bond acceptors (Lipinski definition) is 4. The van der Waals surface area contributed by atoms with Crippen LogP contribution in [0.25, 0.3) is 0 Å². The molecule has 6 heteroatoms. The number of rotatable bonds is 7. The first-order valence-corrected chi connectivity index (χ1v) is 12.0. The van der Waals surface area contributed by atoms with Gasteiger partial charge in [-0.05, 0) is 54.0 Å². The number of carbonyl (C=O) groups excluding carboxylic acids is 2. The van der Waals surface area contributed by atoms with Crippen molar-refractivity contribution in [1.82, 2.24) is 5.32 Å². The second kappa shape index (κ2) is 10.5. The number of nitrogens with zero attached hydrogens (tertiary/aromatic N) is 1. The number of anilines is 2. The van der Waals surface area contributed by atoms with Crippen LogP contribution in [-0.2, 0) is 17.8 Å². The van der Waals surface area contributed by atoms with Gasteiger partial charge in [-0.15, -0.1) is 11.3 Å². The van der Waals surface area contributed by atoms with Gasteiger partial charge in [-0.1, -0.05) is 43.3 Å². The van der Waals surface area contributed by atoms with Crippen molar-refractivity contribution in [3.8, 4) is 0 Å². The highest BCUT2D eigenvalue weighted by Crippen LogP contribution is 2.29. The normalized spacial score (nSPS) is 14.2. The van der Waals surface area contributed by atoms with E-state index < -0.39 is 0 Å². The lowest BCUT2D eigenvalue weighted by Crippen LogP contribution is -2.35. The van der Waals surface area contributed by atoms with Gasteiger partial charge in [0.1, 0.15) is 0 Å². The first-order chi connectivity index (χ1) is 15.6. The average Bonchev–Trinajstić information content (AvgIpc) is 3.31. The van der Waals surface area contributed by atoms with Gasteiger partial charge in [-0.3, -0.25) is 9.59 Å². The lowest BCUT2D eigenvalue weighted by molar-refractivity contribution is -0.115. The molecule has 0 unspecified atom stereocenters. The Hall–Kier alpha value is -3.12. The van der Waals surface area contributed by atoms with E-state index in [1.165, 1.54) is 0 Å². The summed E-state index contributed by atoms with van der Waals surface area (Å²) in [6, 6.07) is 19.4. The molecule has 0 spiro atoms. The maximum Gasteiger partial charge on any atom is 0.253 e. The fourth-order valence-electron chi connectivity index (χ4n) is 3.97. The van der Waals surface area contributed by atoms with E-state index in [1.807, 2.05) is 60.0 Å². The zero-order valence-electron chi connectivity index (χ0n) is 18.3. The summed E-state index contributed by atoms with van der Waals surface area (Å²) < 4.78 is 0. The Morgan fingerprint density at radius 3 is 2.53 bits per heavy atom. The molecule has 5 nitrogen and oxygen atoms in total. The van der Waals surface area contributed by atoms with Crippen molar-refractivity contribution in [2.45, 2.75) is 32.7 Å². The van der Waals surface area contributed by atoms with Crippen LogP contribution >= 0.6 is 11.3 Å². The number of nitrogens with one attached hydrogen (secondary N) is 2. The largest absolute Gasteiger partial charge is 0.371 e. The number of thiophene rings is 1. The Labute approximate surface area is 193 Å². The molecule has 1 saturated heterocycles. The quantitative estimate of drug-likeness (QED) is 0.530. The fourth-order valence-corrected chi connectivity index (χ4v) is 4.67. The van der Waals surface area contributed by atoms with Crippen molar-refractivity contribution in [3.63, 3.8) is 0 Å². The van der Waals surface area contributed by atoms with Gasteiger partial charge < -0.3 is 15.5 Å². The van der Waals surface area contributed by atoms with Crippen LogP contribution in [0.1, 0.15) is 40.6 Å². The number of benzene rings is 2. The van der Waals surface area contributed by atoms with E-state index in [-0.39, 0.29) is 11.8 Å². The fraction of sp³-hybridized carbons (Fsp3) is 0.308. The molecule has 4 rings (SSSR count). The molecular formula is C26H29N3O2S. The van der Waals surface area contributed by atoms with E-state index in [0.29, 0.717) is 30.1 Å². The third-order valence-corrected chi connectivity index (χ3v) is 6.74. The van der Waals surface area contributed by atoms with Crippen molar-refractivity contribution >= 4 is 34.5 Å². The summed E-state index contributed by atoms with van der Waals surface area (Å²) in [5, 5.41) is 7.96. The zero-order valence-corrected chi connectivity index (χ0v) is 19.2. The molecule has 32 heavy (non-hydrogen) atoms. The Morgan fingerprint density at radius 1 is 1.03 bits per heavy atom. The number of carbonyl (C=O) groups is 2. The van der Waals surface area contributed by atoms with Gasteiger partial charge in [0.2, 0.25) is 5.91 Å². The monoisotopic (exact) mass is 447 g/mol. The van der Waals surface area contributed by atoms with Crippen molar-refractivity contribution in [2.24, 2.45) is 5.92 Å². The summed E-state index contributed by atoms with van der Waals surface area (Å²) in [6.45, 7) is 4.61. The first-order valence-electron chi connectivity index (χ1n) is 11.1. The van der Waals surface area contributed by atoms with E-state index in [1.54, 1.807) is 17.4 Å². The summed E-state index contributed by atoms with van der Waals surface area (Å²) >= 11 is 1.56. The molecule has 2 N–H and O–H groups in total. The van der Waals surface area contributed by atoms with E-state index >= 15 is 0 Å². The van der Waals surface area contributed by atoms with E-state index in [0.717, 1.165) is 42.1 Å². The van der Waals surface area contributed by atoms with Crippen LogP contribution in [0.3, 0.4) is 0 Å². The van der Waals surface area contributed by atoms with Gasteiger partial charge in [0.15, 0.2) is 0 Å². The molecule has 0 atom stereocenters. The molecule has 2 aromatic carbocycles. The standard InChI is InChI=1S/C26H29N3O2S/c1-19-11-13-29(14-12-19)24-10-9-21(28-25(30)17-22-8-5-15-32-22)16-23(24)26(31)27-18-20-6-3-2-4-7-20/h2-10,15-16,19H,11-14,17-18H2,1H3,(H,27,31)(H,28,30). The van der Waals surface area contributed by atoms with Gasteiger partial charge in [0.05, 0.1) is 12.0 Å². The van der Waals surface area contributed by atoms with Crippen LogP contribution in [0.2, 0.25) is 0 Å². The van der Waals surface area contributed by atoms with E-state index in [9.17, 15) is 9.59 Å². The Bertz CT molecular complexity index is 1040. The van der Waals surface area contributed by atoms with Gasteiger partial charge in [0, 0.05) is 35.9 Å². The van der Waals surface area contributed by atoms with Crippen molar-refractivity contribution in [1.29, 1.82) is 0 Å². The topological polar surface area (TPSA) is 61.4 Å². The van der Waals surface area contributed by atoms with Gasteiger partial charge in [0.25, 0.3) is 5.91 Å². The van der Waals surface area contributed by atoms with Crippen molar-refractivity contribution in [3.05, 3.63) is 82.0 Å². The average molecular weight is 448 g/mol. The number of amides is 2. The lowest BCUT2D eigenvalue weighted by Gasteiger charge is -2.33. The molecule has 0 radical (unpaired) electrons. The van der Waals surface area contributed by atoms with Crippen LogP contribution < -0.4 is 15.5 Å². The predicted octanol–water partition coefficient (Wildman–Crippen LogP) is 5.10. The molecule has 166 valence electrons. The Kier molecular flexibility index (Phi) is 7.22. The third kappa shape index (κ3) is 5.77. The van der Waals surface area contributed by atoms with Crippen LogP contribution in [0.4, 0.5) is 11.4 Å². The molecular weight excluding hydrogens is 418 g/mol. The minimum Gasteiger partial charge on any atom is -0.371 e. The highest BCUT2D eigenvalue weighted by molar-refractivity contribution is 7.10. The smallest absolute Gasteiger partial charge is 0.253 e. The molecule has 2 amide bonds. The minimum absolute atomic E-state index is 0.0809. The lowest BCUT2D eigenvalue weighted by atomic mass is 9.97. The Balaban J connectivity index is 1.52. The second-order valence-electron chi connectivity index (χ2n) is 8.37. The molecule has 3 aromatic rings. The summed E-state index contributed by atoms with van der Waals surface area (Å²) in [4.78, 5) is 29.0. The zero-order chi connectivity index (χ0) is 22.3. The molecule has 1 aliphatic heterocycles. The van der Waals surface area contributed by atoms with Gasteiger partial charge >= 0.3 is 0 Å². The molecule has 1 aliphatic rings. The molecule has 1 fully saturated rings. The number of piperidine rings is 1. The summed E-state index contributed by atoms with van der Waals surface area (Å²) in [6.07, 6.45) is 2.56. The first kappa shape index (κ1) is 22.1. The third-order valence-electron chi connectivity index (χ3n) is 5.86. The van der Waals surface area contributed by atoms with Crippen molar-refractivity contribution in [2.75, 3.05) is 23.3 Å². The molecule has 0 aliphatic carbocycles. The maximum atomic E-state index is 13.2. The summed E-state index contributed by atoms with van der Waals surface area (Å²) in [5.74, 6) is 0.497. The van der Waals surface area contributed by atoms with Crippen LogP contribution in [0.5, 0.6) is 0 Å². The van der Waals surface area contributed by atoms with Crippen molar-refractivity contribution < 1.29 is 9.59 Å². The predicted molar refractivity (Wildman–Crippen MR) is 131 cm³/mol. The van der Waals surface area contributed by atoms with E-state index in [2.05, 4.69) is 22.5 Å². The molecule has 2 heterocycles. The van der Waals surface area contributed by atoms with Crippen LogP contribution in [-0.4, -0.2) is 24.9 Å². The summed E-state index contributed by atoms with van der Waals surface area (Å²) in [7, 11) is 0. The van der Waals surface area contributed by atoms with Crippen LogP contribution in [0, 0.1) is 5.92 Å². The highest BCUT2D eigenvalue weighted by atomic mass is 32.1. The maximum absolute atomic E-state index is 13.2. The summed E-state index contributed by atoms with van der Waals surface area (Å²) in [5.41, 5.74) is 3.23. The molecule has 0 bridgehead atoms. The molecule has 1 aromatic heterocycles. The highest BCUT2D eigenvalue weighted by Gasteiger charge is 2.22. The van der Waals surface area contributed by atoms with Gasteiger partial charge in [-0.25, -0.2) is 0 Å². The Morgan fingerprint density at radius 2 is 1.81 bits per heavy atom. The SMILES string of the molecule is CC1CCN(c2ccc(NC(=O)Cc3cccs3)cc2C(=O)NCc2ccccc2)CC1. The molecule has 0 saturated carbocycles. The minimum atomic E-state index is -0.128. The van der Waals surface area contributed by atoms with Gasteiger partial charge in [-0.2, -0.15) is 0 Å². The van der Waals surface area contributed by atoms with E-state index in [4.69, 9.17) is 0 Å². The second-order valence-corrected chi connectivity index (χ2v) is 9.41. The number of hydrogen-bond donors (Lipinski definition) is 2. The van der Waals surface area contributed by atoms with Crippen LogP contribution in [0.15, 0.2) is 66.0 Å².